The van der Waals surface area contributed by atoms with Gasteiger partial charge in [0.2, 0.25) is 0 Å². The standard InChI is InChI=1S/C8H11NO3/c1-2-9(6-8(11)12)5-3-4-7(9)10/h2H,1,3-6H2. The molecular formula is C8H11NO3. The lowest BCUT2D eigenvalue weighted by atomic mass is 10.4. The van der Waals surface area contributed by atoms with Crippen LogP contribution in [-0.2, 0) is 9.59 Å². The molecule has 0 radical (unpaired) electrons. The fraction of sp³-hybridized carbons (Fsp3) is 0.500. The average molecular weight is 169 g/mol. The van der Waals surface area contributed by atoms with Crippen molar-refractivity contribution in [3.05, 3.63) is 12.8 Å². The lowest BCUT2D eigenvalue weighted by Crippen LogP contribution is -2.50. The van der Waals surface area contributed by atoms with Gasteiger partial charge in [0.15, 0.2) is 0 Å². The van der Waals surface area contributed by atoms with E-state index in [0.717, 1.165) is 6.42 Å². The summed E-state index contributed by atoms with van der Waals surface area (Å²) in [6.45, 7) is 3.74. The molecule has 1 rings (SSSR count). The first-order valence-electron chi connectivity index (χ1n) is 3.84. The SMILES string of the molecule is C=C[N+]1(CC(=O)[O-])CCCC1=O. The molecule has 0 N–H and O–H groups in total. The maximum Gasteiger partial charge on any atom is 0.318 e. The maximum atomic E-state index is 11.3. The van der Waals surface area contributed by atoms with E-state index in [0.29, 0.717) is 13.0 Å². The Bertz CT molecular complexity index is 236. The Hall–Kier alpha value is -1.16. The van der Waals surface area contributed by atoms with Gasteiger partial charge in [-0.3, -0.25) is 0 Å². The molecule has 4 nitrogen and oxygen atoms in total. The predicted molar refractivity (Wildman–Crippen MR) is 39.4 cm³/mol. The van der Waals surface area contributed by atoms with Crippen LogP contribution in [0.25, 0.3) is 0 Å². The van der Waals surface area contributed by atoms with Gasteiger partial charge in [0, 0.05) is 6.42 Å². The van der Waals surface area contributed by atoms with E-state index in [4.69, 9.17) is 0 Å². The molecule has 1 fully saturated rings. The number of carbonyl (C=O) groups excluding carboxylic acids is 2. The minimum absolute atomic E-state index is 0.0748. The van der Waals surface area contributed by atoms with E-state index in [1.54, 1.807) is 0 Å². The molecule has 66 valence electrons. The number of hydrogen-bond acceptors (Lipinski definition) is 3. The highest BCUT2D eigenvalue weighted by Gasteiger charge is 2.38. The number of carboxylic acids is 1. The number of hydrogen-bond donors (Lipinski definition) is 0. The van der Waals surface area contributed by atoms with Crippen LogP contribution in [0, 0.1) is 0 Å². The van der Waals surface area contributed by atoms with Crippen LogP contribution >= 0.6 is 0 Å². The molecule has 4 heteroatoms. The van der Waals surface area contributed by atoms with E-state index >= 15 is 0 Å². The highest BCUT2D eigenvalue weighted by atomic mass is 16.4. The molecule has 0 bridgehead atoms. The van der Waals surface area contributed by atoms with Crippen LogP contribution < -0.4 is 5.11 Å². The number of nitrogens with zero attached hydrogens (tertiary/aromatic N) is 1. The summed E-state index contributed by atoms with van der Waals surface area (Å²) in [4.78, 5) is 21.6. The molecule has 1 unspecified atom stereocenters. The summed E-state index contributed by atoms with van der Waals surface area (Å²) in [5.41, 5.74) is 0. The molecule has 1 heterocycles. The molecule has 1 aliphatic rings. The molecule has 0 saturated carbocycles. The molecule has 1 atom stereocenters. The second-order valence-corrected chi connectivity index (χ2v) is 2.97. The van der Waals surface area contributed by atoms with Crippen molar-refractivity contribution in [2.75, 3.05) is 13.1 Å². The Kier molecular flexibility index (Phi) is 2.28. The molecule has 0 aromatic carbocycles. The quantitative estimate of drug-likeness (QED) is 0.510. The van der Waals surface area contributed by atoms with E-state index in [1.807, 2.05) is 0 Å². The largest absolute Gasteiger partial charge is 0.544 e. The summed E-state index contributed by atoms with van der Waals surface area (Å²) in [5.74, 6) is -1.28. The van der Waals surface area contributed by atoms with Gasteiger partial charge >= 0.3 is 5.91 Å². The second-order valence-electron chi connectivity index (χ2n) is 2.97. The van der Waals surface area contributed by atoms with Gasteiger partial charge in [-0.2, -0.15) is 0 Å². The Morgan fingerprint density at radius 2 is 2.42 bits per heavy atom. The van der Waals surface area contributed by atoms with Gasteiger partial charge in [0.1, 0.15) is 6.54 Å². The summed E-state index contributed by atoms with van der Waals surface area (Å²) in [5, 5.41) is 10.3. The van der Waals surface area contributed by atoms with Gasteiger partial charge in [-0.05, 0) is 6.58 Å². The molecular weight excluding hydrogens is 158 g/mol. The first kappa shape index (κ1) is 8.93. The molecule has 0 aliphatic carbocycles. The van der Waals surface area contributed by atoms with Gasteiger partial charge in [-0.25, -0.2) is 9.28 Å². The number of carbonyl (C=O) groups is 2. The van der Waals surface area contributed by atoms with E-state index < -0.39 is 5.97 Å². The molecule has 0 aromatic heterocycles. The van der Waals surface area contributed by atoms with Crippen LogP contribution in [-0.4, -0.2) is 29.4 Å². The zero-order valence-corrected chi connectivity index (χ0v) is 6.78. The summed E-state index contributed by atoms with van der Waals surface area (Å²) < 4.78 is -0.150. The minimum Gasteiger partial charge on any atom is -0.544 e. The lowest BCUT2D eigenvalue weighted by molar-refractivity contribution is -0.788. The second kappa shape index (κ2) is 3.06. The summed E-state index contributed by atoms with van der Waals surface area (Å²) >= 11 is 0. The molecule has 1 saturated heterocycles. The van der Waals surface area contributed by atoms with Gasteiger partial charge < -0.3 is 9.90 Å². The number of quaternary nitrogens is 1. The molecule has 0 aromatic rings. The Labute approximate surface area is 70.7 Å². The van der Waals surface area contributed by atoms with Crippen molar-refractivity contribution in [2.45, 2.75) is 12.8 Å². The summed E-state index contributed by atoms with van der Waals surface area (Å²) in [6.07, 6.45) is 2.57. The maximum absolute atomic E-state index is 11.3. The zero-order chi connectivity index (χ0) is 9.19. The van der Waals surface area contributed by atoms with E-state index in [-0.39, 0.29) is 16.9 Å². The Morgan fingerprint density at radius 3 is 2.75 bits per heavy atom. The van der Waals surface area contributed by atoms with Gasteiger partial charge in [0.25, 0.3) is 0 Å². The van der Waals surface area contributed by atoms with Crippen molar-refractivity contribution in [3.8, 4) is 0 Å². The van der Waals surface area contributed by atoms with E-state index in [9.17, 15) is 14.7 Å². The highest BCUT2D eigenvalue weighted by molar-refractivity contribution is 5.75. The Morgan fingerprint density at radius 1 is 1.75 bits per heavy atom. The summed E-state index contributed by atoms with van der Waals surface area (Å²) in [6, 6.07) is 0. The van der Waals surface area contributed by atoms with Crippen molar-refractivity contribution in [1.82, 2.24) is 0 Å². The number of rotatable bonds is 3. The fourth-order valence-corrected chi connectivity index (χ4v) is 1.52. The number of likely N-dealkylation sites (tertiary alicyclic amines) is 1. The van der Waals surface area contributed by atoms with Crippen LogP contribution in [0.4, 0.5) is 0 Å². The monoisotopic (exact) mass is 169 g/mol. The zero-order valence-electron chi connectivity index (χ0n) is 6.78. The smallest absolute Gasteiger partial charge is 0.318 e. The molecule has 12 heavy (non-hydrogen) atoms. The number of amides is 1. The normalized spacial score (nSPS) is 28.8. The van der Waals surface area contributed by atoms with Crippen molar-refractivity contribution >= 4 is 11.9 Å². The van der Waals surface area contributed by atoms with E-state index in [1.165, 1.54) is 6.20 Å². The van der Waals surface area contributed by atoms with Crippen LogP contribution in [0.3, 0.4) is 0 Å². The van der Waals surface area contributed by atoms with E-state index in [2.05, 4.69) is 6.58 Å². The lowest BCUT2D eigenvalue weighted by Gasteiger charge is -2.26. The molecule has 1 amide bonds. The van der Waals surface area contributed by atoms with Crippen molar-refractivity contribution < 1.29 is 19.2 Å². The van der Waals surface area contributed by atoms with Gasteiger partial charge in [0.05, 0.1) is 25.1 Å². The van der Waals surface area contributed by atoms with Gasteiger partial charge in [-0.1, -0.05) is 0 Å². The first-order chi connectivity index (χ1) is 5.60. The van der Waals surface area contributed by atoms with Crippen LogP contribution in [0.1, 0.15) is 12.8 Å². The Balaban J connectivity index is 2.81. The third-order valence-electron chi connectivity index (χ3n) is 2.21. The fourth-order valence-electron chi connectivity index (χ4n) is 1.52. The van der Waals surface area contributed by atoms with Crippen molar-refractivity contribution in [3.63, 3.8) is 0 Å². The van der Waals surface area contributed by atoms with Gasteiger partial charge in [-0.15, -0.1) is 0 Å². The predicted octanol–water partition coefficient (Wildman–Crippen LogP) is -0.983. The van der Waals surface area contributed by atoms with Crippen molar-refractivity contribution in [1.29, 1.82) is 0 Å². The third-order valence-corrected chi connectivity index (χ3v) is 2.21. The minimum atomic E-state index is -1.20. The van der Waals surface area contributed by atoms with Crippen molar-refractivity contribution in [2.24, 2.45) is 0 Å². The molecule has 0 spiro atoms. The average Bonchev–Trinajstić information content (AvgIpc) is 2.32. The highest BCUT2D eigenvalue weighted by Crippen LogP contribution is 2.20. The van der Waals surface area contributed by atoms with Crippen LogP contribution in [0.2, 0.25) is 0 Å². The first-order valence-corrected chi connectivity index (χ1v) is 3.84. The summed E-state index contributed by atoms with van der Waals surface area (Å²) in [7, 11) is 0. The number of carboxylic acid groups (broad SMARTS) is 1. The third kappa shape index (κ3) is 1.38. The molecule has 1 aliphatic heterocycles. The van der Waals surface area contributed by atoms with Crippen LogP contribution in [0.5, 0.6) is 0 Å². The number of aliphatic carboxylic acids is 1. The van der Waals surface area contributed by atoms with Crippen LogP contribution in [0.15, 0.2) is 12.8 Å². The topological polar surface area (TPSA) is 57.2 Å².